The predicted octanol–water partition coefficient (Wildman–Crippen LogP) is 3.61. The van der Waals surface area contributed by atoms with E-state index in [2.05, 4.69) is 35.1 Å². The molecule has 0 unspecified atom stereocenters. The molecule has 1 rings (SSSR count). The number of carbonyl (C=O) groups is 1. The van der Waals surface area contributed by atoms with Crippen LogP contribution in [0.4, 0.5) is 0 Å². The first-order valence-corrected chi connectivity index (χ1v) is 6.34. The highest BCUT2D eigenvalue weighted by Gasteiger charge is 2.10. The summed E-state index contributed by atoms with van der Waals surface area (Å²) in [6.45, 7) is 6.35. The first kappa shape index (κ1) is 13.2. The molecular weight excluding hydrogens is 266 g/mol. The highest BCUT2D eigenvalue weighted by Crippen LogP contribution is 2.11. The Morgan fingerprint density at radius 3 is 2.31 bits per heavy atom. The van der Waals surface area contributed by atoms with Crippen LogP contribution >= 0.6 is 15.9 Å². The third-order valence-corrected chi connectivity index (χ3v) is 2.84. The molecule has 0 aliphatic rings. The summed E-state index contributed by atoms with van der Waals surface area (Å²) in [6, 6.07) is 7.61. The van der Waals surface area contributed by atoms with Crippen LogP contribution in [0.3, 0.4) is 0 Å². The average molecular weight is 284 g/mol. The van der Waals surface area contributed by atoms with Crippen molar-refractivity contribution in [3.8, 4) is 0 Å². The fourth-order valence-electron chi connectivity index (χ4n) is 1.67. The van der Waals surface area contributed by atoms with Crippen LogP contribution in [-0.2, 0) is 0 Å². The molecule has 1 aromatic rings. The van der Waals surface area contributed by atoms with Crippen molar-refractivity contribution < 1.29 is 4.79 Å². The number of hydrogen-bond donors (Lipinski definition) is 1. The number of nitrogens with one attached hydrogen (secondary N) is 1. The molecule has 0 saturated carbocycles. The Morgan fingerprint density at radius 1 is 1.25 bits per heavy atom. The van der Waals surface area contributed by atoms with Crippen molar-refractivity contribution in [2.75, 3.05) is 0 Å². The van der Waals surface area contributed by atoms with Crippen LogP contribution in [0, 0.1) is 5.92 Å². The van der Waals surface area contributed by atoms with Gasteiger partial charge in [0.2, 0.25) is 0 Å². The number of carbonyl (C=O) groups excluding carboxylic acids is 1. The van der Waals surface area contributed by atoms with Crippen LogP contribution in [0.25, 0.3) is 0 Å². The summed E-state index contributed by atoms with van der Waals surface area (Å²) in [7, 11) is 0. The van der Waals surface area contributed by atoms with Gasteiger partial charge in [-0.05, 0) is 43.5 Å². The molecule has 0 aromatic heterocycles. The minimum atomic E-state index is 0.000602. The third-order valence-electron chi connectivity index (χ3n) is 2.31. The first-order chi connectivity index (χ1) is 7.49. The van der Waals surface area contributed by atoms with Gasteiger partial charge in [0.05, 0.1) is 0 Å². The summed E-state index contributed by atoms with van der Waals surface area (Å²) in [6.07, 6.45) is 1.00. The molecule has 0 bridgehead atoms. The fourth-order valence-corrected chi connectivity index (χ4v) is 1.94. The molecule has 1 N–H and O–H groups in total. The molecule has 0 aliphatic carbocycles. The number of amides is 1. The molecule has 2 nitrogen and oxygen atoms in total. The minimum Gasteiger partial charge on any atom is -0.350 e. The van der Waals surface area contributed by atoms with E-state index in [1.54, 1.807) is 0 Å². The number of benzene rings is 1. The van der Waals surface area contributed by atoms with Gasteiger partial charge < -0.3 is 5.32 Å². The van der Waals surface area contributed by atoms with Crippen molar-refractivity contribution in [2.45, 2.75) is 33.2 Å². The van der Waals surface area contributed by atoms with Crippen molar-refractivity contribution in [2.24, 2.45) is 5.92 Å². The van der Waals surface area contributed by atoms with E-state index in [4.69, 9.17) is 0 Å². The molecule has 3 heteroatoms. The maximum Gasteiger partial charge on any atom is 0.251 e. The van der Waals surface area contributed by atoms with Crippen molar-refractivity contribution in [1.82, 2.24) is 5.32 Å². The van der Waals surface area contributed by atoms with Gasteiger partial charge in [-0.2, -0.15) is 0 Å². The van der Waals surface area contributed by atoms with Crippen molar-refractivity contribution in [3.05, 3.63) is 34.3 Å². The van der Waals surface area contributed by atoms with Gasteiger partial charge >= 0.3 is 0 Å². The highest BCUT2D eigenvalue weighted by atomic mass is 79.9. The largest absolute Gasteiger partial charge is 0.350 e. The lowest BCUT2D eigenvalue weighted by molar-refractivity contribution is 0.0936. The van der Waals surface area contributed by atoms with Gasteiger partial charge in [-0.15, -0.1) is 0 Å². The molecule has 88 valence electrons. The number of halogens is 1. The summed E-state index contributed by atoms with van der Waals surface area (Å²) in [4.78, 5) is 11.8. The maximum absolute atomic E-state index is 11.8. The van der Waals surface area contributed by atoms with Gasteiger partial charge in [-0.3, -0.25) is 4.79 Å². The zero-order valence-corrected chi connectivity index (χ0v) is 11.5. The van der Waals surface area contributed by atoms with E-state index < -0.39 is 0 Å². The second-order valence-corrected chi connectivity index (χ2v) is 5.43. The Balaban J connectivity index is 2.55. The van der Waals surface area contributed by atoms with Crippen LogP contribution in [0.15, 0.2) is 28.7 Å². The standard InChI is InChI=1S/C13H18BrNO/c1-9(2)8-10(3)15-13(16)11-4-6-12(14)7-5-11/h4-7,9-10H,8H2,1-3H3,(H,15,16)/t10-/m0/s1. The lowest BCUT2D eigenvalue weighted by atomic mass is 10.0. The Labute approximate surface area is 106 Å². The zero-order chi connectivity index (χ0) is 12.1. The molecule has 16 heavy (non-hydrogen) atoms. The molecule has 1 atom stereocenters. The summed E-state index contributed by atoms with van der Waals surface area (Å²) < 4.78 is 0.985. The van der Waals surface area contributed by atoms with E-state index in [0.717, 1.165) is 10.9 Å². The maximum atomic E-state index is 11.8. The van der Waals surface area contributed by atoms with E-state index in [-0.39, 0.29) is 11.9 Å². The third kappa shape index (κ3) is 4.35. The first-order valence-electron chi connectivity index (χ1n) is 5.55. The smallest absolute Gasteiger partial charge is 0.251 e. The van der Waals surface area contributed by atoms with Crippen molar-refractivity contribution in [3.63, 3.8) is 0 Å². The van der Waals surface area contributed by atoms with Gasteiger partial charge in [0.1, 0.15) is 0 Å². The molecule has 0 saturated heterocycles. The molecule has 0 spiro atoms. The molecule has 0 aliphatic heterocycles. The van der Waals surface area contributed by atoms with Crippen LogP contribution in [0.5, 0.6) is 0 Å². The summed E-state index contributed by atoms with van der Waals surface area (Å²) >= 11 is 3.35. The Morgan fingerprint density at radius 2 is 1.81 bits per heavy atom. The quantitative estimate of drug-likeness (QED) is 0.899. The van der Waals surface area contributed by atoms with Gasteiger partial charge in [-0.25, -0.2) is 0 Å². The average Bonchev–Trinajstić information content (AvgIpc) is 2.16. The van der Waals surface area contributed by atoms with Crippen molar-refractivity contribution in [1.29, 1.82) is 0 Å². The summed E-state index contributed by atoms with van der Waals surface area (Å²) in [5, 5.41) is 2.99. The van der Waals surface area contributed by atoms with Gasteiger partial charge in [0, 0.05) is 16.1 Å². The lowest BCUT2D eigenvalue weighted by Crippen LogP contribution is -2.33. The van der Waals surface area contributed by atoms with Crippen molar-refractivity contribution >= 4 is 21.8 Å². The molecule has 0 heterocycles. The van der Waals surface area contributed by atoms with Gasteiger partial charge in [-0.1, -0.05) is 29.8 Å². The van der Waals surface area contributed by atoms with Gasteiger partial charge in [0.15, 0.2) is 0 Å². The second-order valence-electron chi connectivity index (χ2n) is 4.51. The predicted molar refractivity (Wildman–Crippen MR) is 70.5 cm³/mol. The van der Waals surface area contributed by atoms with E-state index in [9.17, 15) is 4.79 Å². The number of hydrogen-bond acceptors (Lipinski definition) is 1. The van der Waals surface area contributed by atoms with E-state index in [1.165, 1.54) is 0 Å². The normalized spacial score (nSPS) is 12.6. The molecule has 1 amide bonds. The molecule has 0 fully saturated rings. The Kier molecular flexibility index (Phi) is 5.00. The van der Waals surface area contributed by atoms with E-state index in [1.807, 2.05) is 31.2 Å². The van der Waals surface area contributed by atoms with Gasteiger partial charge in [0.25, 0.3) is 5.91 Å². The monoisotopic (exact) mass is 283 g/mol. The topological polar surface area (TPSA) is 29.1 Å². The highest BCUT2D eigenvalue weighted by molar-refractivity contribution is 9.10. The minimum absolute atomic E-state index is 0.000602. The van der Waals surface area contributed by atoms with Crippen LogP contribution in [0.1, 0.15) is 37.6 Å². The number of rotatable bonds is 4. The SMILES string of the molecule is CC(C)C[C@H](C)NC(=O)c1ccc(Br)cc1. The van der Waals surface area contributed by atoms with E-state index in [0.29, 0.717) is 11.5 Å². The van der Waals surface area contributed by atoms with E-state index >= 15 is 0 Å². The molecule has 1 aromatic carbocycles. The van der Waals surface area contributed by atoms with Crippen LogP contribution < -0.4 is 5.32 Å². The van der Waals surface area contributed by atoms with Crippen LogP contribution in [0.2, 0.25) is 0 Å². The molecule has 0 radical (unpaired) electrons. The zero-order valence-electron chi connectivity index (χ0n) is 9.96. The molecular formula is C13H18BrNO. The summed E-state index contributed by atoms with van der Waals surface area (Å²) in [5.41, 5.74) is 0.707. The second kappa shape index (κ2) is 6.04. The van der Waals surface area contributed by atoms with Crippen LogP contribution in [-0.4, -0.2) is 11.9 Å². The lowest BCUT2D eigenvalue weighted by Gasteiger charge is -2.15. The summed E-state index contributed by atoms with van der Waals surface area (Å²) in [5.74, 6) is 0.598. The fraction of sp³-hybridized carbons (Fsp3) is 0.462. The Hall–Kier alpha value is -0.830. The Bertz CT molecular complexity index is 345.